The third kappa shape index (κ3) is 2.64. The summed E-state index contributed by atoms with van der Waals surface area (Å²) >= 11 is 0. The number of piperazine rings is 1. The van der Waals surface area contributed by atoms with Crippen molar-refractivity contribution in [2.24, 2.45) is 23.2 Å². The molecule has 0 bridgehead atoms. The lowest BCUT2D eigenvalue weighted by Crippen LogP contribution is -2.55. The Morgan fingerprint density at radius 2 is 1.90 bits per heavy atom. The fraction of sp³-hybridized carbons (Fsp3) is 0.720. The average Bonchev–Trinajstić information content (AvgIpc) is 3.44. The molecular weight excluding hydrogens is 376 g/mol. The van der Waals surface area contributed by atoms with Gasteiger partial charge in [0.2, 0.25) is 0 Å². The molecule has 0 aromatic heterocycles. The molecule has 0 radical (unpaired) electrons. The number of esters is 1. The SMILES string of the molecule is CC1CCC[C@@]2(C)CC3OC(=O)C(CN4CCN(c5ccccc5)CC4)C3C3O[C@@]132. The van der Waals surface area contributed by atoms with Crippen LogP contribution in [0.3, 0.4) is 0 Å². The zero-order valence-electron chi connectivity index (χ0n) is 18.3. The van der Waals surface area contributed by atoms with E-state index in [0.29, 0.717) is 5.92 Å². The molecule has 3 saturated heterocycles. The first-order chi connectivity index (χ1) is 14.5. The van der Waals surface area contributed by atoms with Crippen molar-refractivity contribution >= 4 is 11.7 Å². The van der Waals surface area contributed by atoms with E-state index < -0.39 is 0 Å². The fourth-order valence-corrected chi connectivity index (χ4v) is 7.55. The van der Waals surface area contributed by atoms with Gasteiger partial charge in [-0.15, -0.1) is 0 Å². The number of rotatable bonds is 3. The van der Waals surface area contributed by atoms with Crippen molar-refractivity contribution in [1.82, 2.24) is 4.90 Å². The molecule has 5 heteroatoms. The van der Waals surface area contributed by atoms with Gasteiger partial charge in [0.15, 0.2) is 0 Å². The molecular formula is C25H34N2O3. The molecule has 5 unspecified atom stereocenters. The number of carbonyl (C=O) groups is 1. The van der Waals surface area contributed by atoms with E-state index in [-0.39, 0.29) is 41.0 Å². The summed E-state index contributed by atoms with van der Waals surface area (Å²) in [5, 5.41) is 0. The second-order valence-corrected chi connectivity index (χ2v) is 10.7. The van der Waals surface area contributed by atoms with Gasteiger partial charge < -0.3 is 14.4 Å². The summed E-state index contributed by atoms with van der Waals surface area (Å²) in [5.74, 6) is 0.837. The molecule has 5 aliphatic rings. The maximum atomic E-state index is 12.9. The third-order valence-electron chi connectivity index (χ3n) is 9.14. The van der Waals surface area contributed by atoms with Gasteiger partial charge in [0.1, 0.15) is 11.7 Å². The van der Waals surface area contributed by atoms with Crippen molar-refractivity contribution in [3.05, 3.63) is 30.3 Å². The van der Waals surface area contributed by atoms with E-state index in [1.807, 2.05) is 0 Å². The smallest absolute Gasteiger partial charge is 0.311 e. The van der Waals surface area contributed by atoms with Gasteiger partial charge in [-0.1, -0.05) is 38.5 Å². The van der Waals surface area contributed by atoms with Crippen molar-refractivity contribution in [3.8, 4) is 0 Å². The van der Waals surface area contributed by atoms with Crippen LogP contribution in [-0.2, 0) is 14.3 Å². The van der Waals surface area contributed by atoms with E-state index in [2.05, 4.69) is 54.0 Å². The number of hydrogen-bond donors (Lipinski definition) is 0. The van der Waals surface area contributed by atoms with E-state index in [1.165, 1.54) is 24.9 Å². The molecule has 3 aliphatic heterocycles. The van der Waals surface area contributed by atoms with Gasteiger partial charge >= 0.3 is 5.97 Å². The summed E-state index contributed by atoms with van der Waals surface area (Å²) in [7, 11) is 0. The summed E-state index contributed by atoms with van der Waals surface area (Å²) in [6, 6.07) is 10.6. The molecule has 7 atom stereocenters. The minimum absolute atomic E-state index is 0.00462. The number of carbonyl (C=O) groups excluding carboxylic acids is 1. The predicted molar refractivity (Wildman–Crippen MR) is 115 cm³/mol. The van der Waals surface area contributed by atoms with Crippen LogP contribution < -0.4 is 4.90 Å². The number of epoxide rings is 1. The minimum Gasteiger partial charge on any atom is -0.462 e. The molecule has 5 fully saturated rings. The highest BCUT2D eigenvalue weighted by Gasteiger charge is 2.78. The first kappa shape index (κ1) is 19.1. The van der Waals surface area contributed by atoms with E-state index in [1.54, 1.807) is 0 Å². The predicted octanol–water partition coefficient (Wildman–Crippen LogP) is 3.33. The number of para-hydroxylation sites is 1. The maximum absolute atomic E-state index is 12.9. The Kier molecular flexibility index (Phi) is 4.27. The Morgan fingerprint density at radius 3 is 2.67 bits per heavy atom. The van der Waals surface area contributed by atoms with Gasteiger partial charge in [0, 0.05) is 49.7 Å². The second kappa shape index (κ2) is 6.70. The number of ether oxygens (including phenoxy) is 2. The molecule has 2 saturated carbocycles. The molecule has 30 heavy (non-hydrogen) atoms. The van der Waals surface area contributed by atoms with Crippen LogP contribution in [0.4, 0.5) is 5.69 Å². The lowest BCUT2D eigenvalue weighted by Gasteiger charge is -2.49. The van der Waals surface area contributed by atoms with E-state index in [0.717, 1.165) is 39.1 Å². The van der Waals surface area contributed by atoms with Crippen LogP contribution in [-0.4, -0.2) is 61.4 Å². The molecule has 0 amide bonds. The lowest BCUT2D eigenvalue weighted by molar-refractivity contribution is -0.146. The van der Waals surface area contributed by atoms with Crippen LogP contribution in [0.2, 0.25) is 0 Å². The van der Waals surface area contributed by atoms with E-state index in [4.69, 9.17) is 9.47 Å². The second-order valence-electron chi connectivity index (χ2n) is 10.7. The Morgan fingerprint density at radius 1 is 1.13 bits per heavy atom. The molecule has 0 N–H and O–H groups in total. The highest BCUT2D eigenvalue weighted by atomic mass is 16.6. The van der Waals surface area contributed by atoms with Gasteiger partial charge in [0.05, 0.1) is 12.0 Å². The topological polar surface area (TPSA) is 45.3 Å². The summed E-state index contributed by atoms with van der Waals surface area (Å²) in [6.45, 7) is 9.61. The van der Waals surface area contributed by atoms with Gasteiger partial charge in [-0.25, -0.2) is 0 Å². The Labute approximate surface area is 179 Å². The minimum atomic E-state index is -0.0265. The van der Waals surface area contributed by atoms with Crippen LogP contribution >= 0.6 is 0 Å². The van der Waals surface area contributed by atoms with Crippen LogP contribution in [0.15, 0.2) is 30.3 Å². The van der Waals surface area contributed by atoms with Crippen LogP contribution in [0, 0.1) is 23.2 Å². The summed E-state index contributed by atoms with van der Waals surface area (Å²) in [6.07, 6.45) is 5.01. The Balaban J connectivity index is 1.15. The molecule has 1 aromatic rings. The van der Waals surface area contributed by atoms with Crippen molar-refractivity contribution in [1.29, 1.82) is 0 Å². The van der Waals surface area contributed by atoms with Gasteiger partial charge in [-0.05, 0) is 37.3 Å². The normalized spacial score (nSPS) is 45.3. The fourth-order valence-electron chi connectivity index (χ4n) is 7.55. The van der Waals surface area contributed by atoms with Crippen molar-refractivity contribution in [3.63, 3.8) is 0 Å². The third-order valence-corrected chi connectivity index (χ3v) is 9.14. The van der Waals surface area contributed by atoms with Crippen molar-refractivity contribution in [2.75, 3.05) is 37.6 Å². The maximum Gasteiger partial charge on any atom is 0.311 e. The number of nitrogens with zero attached hydrogens (tertiary/aromatic N) is 2. The van der Waals surface area contributed by atoms with E-state index in [9.17, 15) is 4.79 Å². The first-order valence-electron chi connectivity index (χ1n) is 11.9. The van der Waals surface area contributed by atoms with Crippen molar-refractivity contribution in [2.45, 2.75) is 57.3 Å². The quantitative estimate of drug-likeness (QED) is 0.565. The summed E-state index contributed by atoms with van der Waals surface area (Å²) < 4.78 is 12.6. The standard InChI is InChI=1S/C25H34N2O3/c1-17-7-6-10-24(2)15-20-21(22-25(17,24)30-22)19(23(28)29-20)16-26-11-13-27(14-12-26)18-8-4-3-5-9-18/h3-5,8-9,17,19-22H,6-7,10-16H2,1-2H3/t17?,19?,20?,21?,22?,24-,25-/m0/s1. The van der Waals surface area contributed by atoms with Crippen LogP contribution in [0.5, 0.6) is 0 Å². The first-order valence-corrected chi connectivity index (χ1v) is 11.9. The molecule has 3 heterocycles. The molecule has 5 nitrogen and oxygen atoms in total. The largest absolute Gasteiger partial charge is 0.462 e. The number of anilines is 1. The molecule has 6 rings (SSSR count). The zero-order chi connectivity index (χ0) is 20.5. The Bertz CT molecular complexity index is 823. The lowest BCUT2D eigenvalue weighted by atomic mass is 9.53. The molecule has 1 spiro atoms. The highest BCUT2D eigenvalue weighted by Crippen LogP contribution is 2.70. The van der Waals surface area contributed by atoms with Gasteiger partial charge in [-0.3, -0.25) is 9.69 Å². The number of fused-ring (bicyclic) bond motifs is 2. The Hall–Kier alpha value is -1.59. The van der Waals surface area contributed by atoms with E-state index >= 15 is 0 Å². The number of hydrogen-bond acceptors (Lipinski definition) is 5. The summed E-state index contributed by atoms with van der Waals surface area (Å²) in [5.41, 5.74) is 1.47. The monoisotopic (exact) mass is 410 g/mol. The molecule has 162 valence electrons. The van der Waals surface area contributed by atoms with Gasteiger partial charge in [-0.2, -0.15) is 0 Å². The zero-order valence-corrected chi connectivity index (χ0v) is 18.3. The highest BCUT2D eigenvalue weighted by molar-refractivity contribution is 5.76. The molecule has 2 aliphatic carbocycles. The average molecular weight is 411 g/mol. The van der Waals surface area contributed by atoms with Crippen LogP contribution in [0.1, 0.15) is 39.5 Å². The van der Waals surface area contributed by atoms with Gasteiger partial charge in [0.25, 0.3) is 0 Å². The summed E-state index contributed by atoms with van der Waals surface area (Å²) in [4.78, 5) is 17.9. The molecule has 1 aromatic carbocycles. The number of benzene rings is 1. The van der Waals surface area contributed by atoms with Crippen LogP contribution in [0.25, 0.3) is 0 Å². The van der Waals surface area contributed by atoms with Crippen molar-refractivity contribution < 1.29 is 14.3 Å².